The standard InChI is InChI=1S/C25H21F4N3O3/c1-14-8-15(9-19(33)11-17-10-18(25(27,28)29)4-5-21(17)26)13-31-24(14)35-20-6-7-30-22(12-20)32-23(34)16-2-3-16/h4-8,10,12-13,16H,2-3,9,11H2,1H3,(H,30,32,34). The van der Waals surface area contributed by atoms with E-state index >= 15 is 0 Å². The third kappa shape index (κ3) is 6.40. The smallest absolute Gasteiger partial charge is 0.416 e. The van der Waals surface area contributed by atoms with Gasteiger partial charge in [0.2, 0.25) is 11.8 Å². The number of pyridine rings is 2. The highest BCUT2D eigenvalue weighted by atomic mass is 19.4. The first kappa shape index (κ1) is 24.3. The van der Waals surface area contributed by atoms with Gasteiger partial charge in [-0.3, -0.25) is 9.59 Å². The molecule has 1 aliphatic rings. The molecule has 1 aliphatic carbocycles. The minimum absolute atomic E-state index is 0.0330. The van der Waals surface area contributed by atoms with E-state index in [0.717, 1.165) is 12.8 Å². The van der Waals surface area contributed by atoms with Gasteiger partial charge in [0.15, 0.2) is 0 Å². The van der Waals surface area contributed by atoms with Gasteiger partial charge < -0.3 is 10.1 Å². The predicted octanol–water partition coefficient (Wildman–Crippen LogP) is 5.44. The molecule has 1 saturated carbocycles. The number of aromatic nitrogens is 2. The summed E-state index contributed by atoms with van der Waals surface area (Å²) in [5.41, 5.74) is -0.191. The van der Waals surface area contributed by atoms with Crippen molar-refractivity contribution in [3.8, 4) is 11.6 Å². The number of ether oxygens (including phenoxy) is 1. The molecule has 182 valence electrons. The summed E-state index contributed by atoms with van der Waals surface area (Å²) in [6.45, 7) is 1.72. The lowest BCUT2D eigenvalue weighted by Gasteiger charge is -2.11. The van der Waals surface area contributed by atoms with E-state index in [4.69, 9.17) is 4.74 Å². The second-order valence-corrected chi connectivity index (χ2v) is 8.40. The Morgan fingerprint density at radius 1 is 1.09 bits per heavy atom. The van der Waals surface area contributed by atoms with Crippen LogP contribution in [0.2, 0.25) is 0 Å². The molecular formula is C25H21F4N3O3. The number of aryl methyl sites for hydroxylation is 1. The molecule has 3 aromatic rings. The Balaban J connectivity index is 1.40. The van der Waals surface area contributed by atoms with E-state index in [-0.39, 0.29) is 29.7 Å². The molecule has 0 bridgehead atoms. The van der Waals surface area contributed by atoms with Crippen LogP contribution < -0.4 is 10.1 Å². The molecule has 1 fully saturated rings. The minimum atomic E-state index is -4.62. The summed E-state index contributed by atoms with van der Waals surface area (Å²) in [6.07, 6.45) is -0.576. The minimum Gasteiger partial charge on any atom is -0.439 e. The molecule has 2 heterocycles. The van der Waals surface area contributed by atoms with Gasteiger partial charge in [0.25, 0.3) is 0 Å². The highest BCUT2D eigenvalue weighted by molar-refractivity contribution is 5.93. The van der Waals surface area contributed by atoms with Gasteiger partial charge in [-0.05, 0) is 61.2 Å². The summed E-state index contributed by atoms with van der Waals surface area (Å²) in [5.74, 6) is -0.325. The van der Waals surface area contributed by atoms with Gasteiger partial charge in [0.1, 0.15) is 23.2 Å². The fraction of sp³-hybridized carbons (Fsp3) is 0.280. The van der Waals surface area contributed by atoms with E-state index < -0.39 is 29.8 Å². The Bertz CT molecular complexity index is 1270. The zero-order valence-electron chi connectivity index (χ0n) is 18.7. The summed E-state index contributed by atoms with van der Waals surface area (Å²) >= 11 is 0. The van der Waals surface area contributed by atoms with Crippen molar-refractivity contribution >= 4 is 17.5 Å². The highest BCUT2D eigenvalue weighted by Gasteiger charge is 2.31. The van der Waals surface area contributed by atoms with Gasteiger partial charge in [-0.1, -0.05) is 0 Å². The molecule has 1 aromatic carbocycles. The number of ketones is 1. The number of carbonyl (C=O) groups excluding carboxylic acids is 2. The fourth-order valence-corrected chi connectivity index (χ4v) is 3.44. The van der Waals surface area contributed by atoms with Gasteiger partial charge >= 0.3 is 6.18 Å². The molecule has 1 N–H and O–H groups in total. The molecule has 35 heavy (non-hydrogen) atoms. The molecule has 6 nitrogen and oxygen atoms in total. The van der Waals surface area contributed by atoms with Crippen LogP contribution in [0.3, 0.4) is 0 Å². The first-order chi connectivity index (χ1) is 16.6. The van der Waals surface area contributed by atoms with Crippen molar-refractivity contribution in [2.75, 3.05) is 5.32 Å². The lowest BCUT2D eigenvalue weighted by molar-refractivity contribution is -0.137. The van der Waals surface area contributed by atoms with Gasteiger partial charge in [-0.15, -0.1) is 0 Å². The maximum Gasteiger partial charge on any atom is 0.416 e. The number of benzene rings is 1. The summed E-state index contributed by atoms with van der Waals surface area (Å²) in [7, 11) is 0. The van der Waals surface area contributed by atoms with Crippen LogP contribution in [0.15, 0.2) is 48.8 Å². The molecule has 2 aromatic heterocycles. The van der Waals surface area contributed by atoms with Crippen LogP contribution in [0.1, 0.15) is 35.1 Å². The van der Waals surface area contributed by atoms with Gasteiger partial charge in [0, 0.05) is 42.8 Å². The van der Waals surface area contributed by atoms with Crippen molar-refractivity contribution in [1.82, 2.24) is 9.97 Å². The average Bonchev–Trinajstić information content (AvgIpc) is 3.62. The zero-order valence-corrected chi connectivity index (χ0v) is 18.7. The van der Waals surface area contributed by atoms with E-state index in [1.807, 2.05) is 0 Å². The molecule has 4 rings (SSSR count). The number of anilines is 1. The van der Waals surface area contributed by atoms with Crippen molar-refractivity contribution in [3.63, 3.8) is 0 Å². The van der Waals surface area contributed by atoms with Crippen LogP contribution in [0.5, 0.6) is 11.6 Å². The third-order valence-electron chi connectivity index (χ3n) is 5.39. The molecule has 0 unspecified atom stereocenters. The normalized spacial score (nSPS) is 13.4. The number of Topliss-reactive ketones (excluding diaryl/α,β-unsaturated/α-hetero) is 1. The Hall–Kier alpha value is -3.82. The van der Waals surface area contributed by atoms with Crippen molar-refractivity contribution in [3.05, 3.63) is 76.9 Å². The van der Waals surface area contributed by atoms with Crippen molar-refractivity contribution in [2.24, 2.45) is 5.92 Å². The number of halogens is 4. The largest absolute Gasteiger partial charge is 0.439 e. The topological polar surface area (TPSA) is 81.2 Å². The summed E-state index contributed by atoms with van der Waals surface area (Å²) in [5, 5.41) is 2.73. The molecular weight excluding hydrogens is 466 g/mol. The van der Waals surface area contributed by atoms with Crippen molar-refractivity contribution < 1.29 is 31.9 Å². The lowest BCUT2D eigenvalue weighted by atomic mass is 10.0. The van der Waals surface area contributed by atoms with E-state index in [0.29, 0.717) is 40.9 Å². The summed E-state index contributed by atoms with van der Waals surface area (Å²) in [6, 6.07) is 6.86. The van der Waals surface area contributed by atoms with Crippen LogP contribution in [0.4, 0.5) is 23.4 Å². The molecule has 0 atom stereocenters. The third-order valence-corrected chi connectivity index (χ3v) is 5.39. The number of amides is 1. The van der Waals surface area contributed by atoms with E-state index in [1.54, 1.807) is 25.1 Å². The average molecular weight is 487 g/mol. The Morgan fingerprint density at radius 3 is 2.54 bits per heavy atom. The van der Waals surface area contributed by atoms with Crippen LogP contribution in [-0.4, -0.2) is 21.7 Å². The second kappa shape index (κ2) is 9.81. The number of hydrogen-bond acceptors (Lipinski definition) is 5. The molecule has 1 amide bonds. The summed E-state index contributed by atoms with van der Waals surface area (Å²) in [4.78, 5) is 32.6. The number of nitrogens with one attached hydrogen (secondary N) is 1. The van der Waals surface area contributed by atoms with Crippen molar-refractivity contribution in [1.29, 1.82) is 0 Å². The van der Waals surface area contributed by atoms with Gasteiger partial charge in [-0.25, -0.2) is 14.4 Å². The SMILES string of the molecule is Cc1cc(CC(=O)Cc2cc(C(F)(F)F)ccc2F)cnc1Oc1ccnc(NC(=O)C2CC2)c1. The fourth-order valence-electron chi connectivity index (χ4n) is 3.44. The molecule has 10 heteroatoms. The van der Waals surface area contributed by atoms with Gasteiger partial charge in [0.05, 0.1) is 5.56 Å². The zero-order chi connectivity index (χ0) is 25.2. The first-order valence-electron chi connectivity index (χ1n) is 10.9. The van der Waals surface area contributed by atoms with Crippen LogP contribution >= 0.6 is 0 Å². The predicted molar refractivity (Wildman–Crippen MR) is 118 cm³/mol. The Morgan fingerprint density at radius 2 is 1.86 bits per heavy atom. The number of rotatable bonds is 8. The second-order valence-electron chi connectivity index (χ2n) is 8.40. The monoisotopic (exact) mass is 487 g/mol. The number of carbonyl (C=O) groups is 2. The number of nitrogens with zero attached hydrogens (tertiary/aromatic N) is 2. The molecule has 0 radical (unpaired) electrons. The van der Waals surface area contributed by atoms with E-state index in [2.05, 4.69) is 15.3 Å². The Kier molecular flexibility index (Phi) is 6.81. The first-order valence-corrected chi connectivity index (χ1v) is 10.9. The van der Waals surface area contributed by atoms with Crippen LogP contribution in [-0.2, 0) is 28.6 Å². The molecule has 0 spiro atoms. The van der Waals surface area contributed by atoms with E-state index in [1.165, 1.54) is 12.4 Å². The molecule has 0 saturated heterocycles. The lowest BCUT2D eigenvalue weighted by Crippen LogP contribution is -2.14. The van der Waals surface area contributed by atoms with Crippen molar-refractivity contribution in [2.45, 2.75) is 38.8 Å². The quantitative estimate of drug-likeness (QED) is 0.428. The highest BCUT2D eigenvalue weighted by Crippen LogP contribution is 2.32. The maximum atomic E-state index is 13.9. The van der Waals surface area contributed by atoms with Crippen LogP contribution in [0.25, 0.3) is 0 Å². The number of hydrogen-bond donors (Lipinski definition) is 1. The van der Waals surface area contributed by atoms with Crippen LogP contribution in [0, 0.1) is 18.7 Å². The molecule has 0 aliphatic heterocycles. The maximum absolute atomic E-state index is 13.9. The van der Waals surface area contributed by atoms with E-state index in [9.17, 15) is 27.2 Å². The number of alkyl halides is 3. The van der Waals surface area contributed by atoms with Gasteiger partial charge in [-0.2, -0.15) is 13.2 Å². The Labute approximate surface area is 198 Å². The summed E-state index contributed by atoms with van der Waals surface area (Å²) < 4.78 is 58.4.